The van der Waals surface area contributed by atoms with Gasteiger partial charge in [0, 0.05) is 64.7 Å². The number of anilines is 2. The summed E-state index contributed by atoms with van der Waals surface area (Å²) in [5.74, 6) is 1.41. The monoisotopic (exact) mass is 714 g/mol. The third-order valence-electron chi connectivity index (χ3n) is 17.1. The van der Waals surface area contributed by atoms with Gasteiger partial charge < -0.3 is 24.2 Å². The van der Waals surface area contributed by atoms with Crippen LogP contribution < -0.4 is 9.80 Å². The molecule has 3 saturated heterocycles. The molecule has 10 aliphatic rings. The lowest BCUT2D eigenvalue weighted by Gasteiger charge is -2.69. The van der Waals surface area contributed by atoms with Crippen molar-refractivity contribution < 1.29 is 9.47 Å². The third-order valence-corrected chi connectivity index (χ3v) is 17.1. The molecule has 6 nitrogen and oxygen atoms in total. The Morgan fingerprint density at radius 3 is 1.91 bits per heavy atom. The normalized spacial score (nSPS) is 45.2. The summed E-state index contributed by atoms with van der Waals surface area (Å²) in [7, 11) is 0. The Kier molecular flexibility index (Phi) is 7.54. The van der Waals surface area contributed by atoms with Crippen molar-refractivity contribution in [3.8, 4) is 0 Å². The average molecular weight is 715 g/mol. The number of rotatable bonds is 2. The maximum atomic E-state index is 7.52. The molecule has 0 radical (unpaired) electrons. The average Bonchev–Trinajstić information content (AvgIpc) is 3.44. The molecule has 0 amide bonds. The second-order valence-electron chi connectivity index (χ2n) is 19.7. The van der Waals surface area contributed by atoms with Crippen molar-refractivity contribution in [2.75, 3.05) is 9.80 Å². The minimum absolute atomic E-state index is 0.164. The summed E-state index contributed by atoms with van der Waals surface area (Å²) < 4.78 is 15.0. The van der Waals surface area contributed by atoms with Gasteiger partial charge in [-0.05, 0) is 101 Å². The predicted octanol–water partition coefficient (Wildman–Crippen LogP) is 8.91. The Hall–Kier alpha value is -2.54. The first-order chi connectivity index (χ1) is 26.1. The van der Waals surface area contributed by atoms with Crippen LogP contribution in [0.2, 0.25) is 0 Å². The fourth-order valence-corrected chi connectivity index (χ4v) is 15.4. The van der Waals surface area contributed by atoms with E-state index in [2.05, 4.69) is 94.1 Å². The highest BCUT2D eigenvalue weighted by Crippen LogP contribution is 2.63. The van der Waals surface area contributed by atoms with Gasteiger partial charge in [-0.25, -0.2) is 0 Å². The standard InChI is InChI=1S/C47H62N4O2/c1-47(2)32-20-10-9-19-31(32)43-46(47)51-38-27-37-41(28-42(38)53-40-26-14-24-36(45(40)51)49(43)30-17-7-4-8-18-30)52-39-25-13-23-35-44(39)50(37)34-22-12-11-21-33(34)48(35)29-15-5-3-6-16-29/h3-8,15-18,31-42,44-45H,9-14,19-28H2,1-2H3. The van der Waals surface area contributed by atoms with Crippen LogP contribution in [0.1, 0.15) is 117 Å². The van der Waals surface area contributed by atoms with Crippen LogP contribution in [0.15, 0.2) is 72.1 Å². The first kappa shape index (κ1) is 32.7. The SMILES string of the molecule is CC1(C)C2=C(C3CCCCC31)N(c1ccccc1)C1CCCC3OC4CC5OC6CCCC7C6N(C5CC4N2C31)C1CCCCC1N7c1ccccc1. The van der Waals surface area contributed by atoms with Crippen LogP contribution in [0, 0.1) is 17.3 Å². The highest BCUT2D eigenvalue weighted by Gasteiger charge is 2.66. The molecule has 0 aromatic heterocycles. The second-order valence-corrected chi connectivity index (χ2v) is 19.7. The van der Waals surface area contributed by atoms with Gasteiger partial charge in [0.25, 0.3) is 0 Å². The number of hydrogen-bond donors (Lipinski definition) is 0. The first-order valence-electron chi connectivity index (χ1n) is 22.4. The second kappa shape index (κ2) is 12.2. The number of benzene rings is 2. The Labute approximate surface area is 318 Å². The van der Waals surface area contributed by atoms with E-state index >= 15 is 0 Å². The van der Waals surface area contributed by atoms with Crippen molar-refractivity contribution in [2.45, 2.75) is 189 Å². The molecule has 2 aromatic carbocycles. The Balaban J connectivity index is 0.978. The van der Waals surface area contributed by atoms with Crippen LogP contribution in [0.4, 0.5) is 11.4 Å². The van der Waals surface area contributed by atoms with E-state index in [4.69, 9.17) is 9.47 Å². The fraction of sp³-hybridized carbons (Fsp3) is 0.702. The van der Waals surface area contributed by atoms with Crippen LogP contribution >= 0.6 is 0 Å². The van der Waals surface area contributed by atoms with Gasteiger partial charge in [-0.3, -0.25) is 4.90 Å². The fourth-order valence-electron chi connectivity index (χ4n) is 15.4. The largest absolute Gasteiger partial charge is 0.372 e. The topological polar surface area (TPSA) is 31.4 Å². The molecule has 0 spiro atoms. The van der Waals surface area contributed by atoms with E-state index in [0.29, 0.717) is 66.5 Å². The number of allylic oxidation sites excluding steroid dienone is 2. The molecule has 14 unspecified atom stereocenters. The van der Waals surface area contributed by atoms with Crippen molar-refractivity contribution in [1.82, 2.24) is 9.80 Å². The molecule has 282 valence electrons. The van der Waals surface area contributed by atoms with Crippen LogP contribution in [-0.4, -0.2) is 82.6 Å². The summed E-state index contributed by atoms with van der Waals surface area (Å²) >= 11 is 0. The van der Waals surface area contributed by atoms with Gasteiger partial charge in [-0.2, -0.15) is 0 Å². The highest BCUT2D eigenvalue weighted by atomic mass is 16.5. The van der Waals surface area contributed by atoms with E-state index < -0.39 is 0 Å². The number of ether oxygens (including phenoxy) is 2. The maximum absolute atomic E-state index is 7.52. The van der Waals surface area contributed by atoms with Crippen molar-refractivity contribution >= 4 is 11.4 Å². The Morgan fingerprint density at radius 1 is 0.509 bits per heavy atom. The molecule has 4 aliphatic heterocycles. The predicted molar refractivity (Wildman–Crippen MR) is 211 cm³/mol. The molecule has 12 rings (SSSR count). The summed E-state index contributed by atoms with van der Waals surface area (Å²) in [6.45, 7) is 5.32. The first-order valence-corrected chi connectivity index (χ1v) is 22.4. The molecule has 8 fully saturated rings. The zero-order valence-corrected chi connectivity index (χ0v) is 32.3. The summed E-state index contributed by atoms with van der Waals surface area (Å²) in [6, 6.07) is 27.2. The molecule has 53 heavy (non-hydrogen) atoms. The van der Waals surface area contributed by atoms with Crippen LogP contribution in [0.5, 0.6) is 0 Å². The van der Waals surface area contributed by atoms with E-state index in [1.807, 2.05) is 0 Å². The number of hydrogen-bond acceptors (Lipinski definition) is 6. The van der Waals surface area contributed by atoms with E-state index in [1.54, 1.807) is 11.4 Å². The number of piperazine rings is 1. The molecule has 0 N–H and O–H groups in total. The van der Waals surface area contributed by atoms with E-state index in [0.717, 1.165) is 12.3 Å². The smallest absolute Gasteiger partial charge is 0.0808 e. The highest BCUT2D eigenvalue weighted by molar-refractivity contribution is 5.60. The van der Waals surface area contributed by atoms with Gasteiger partial charge in [0.15, 0.2) is 0 Å². The van der Waals surface area contributed by atoms with Gasteiger partial charge in [0.05, 0.1) is 48.6 Å². The Bertz CT molecular complexity index is 1730. The number of morpholine rings is 2. The molecule has 6 heteroatoms. The van der Waals surface area contributed by atoms with Crippen LogP contribution in [0.3, 0.4) is 0 Å². The van der Waals surface area contributed by atoms with Crippen molar-refractivity contribution in [1.29, 1.82) is 0 Å². The minimum atomic E-state index is 0.164. The summed E-state index contributed by atoms with van der Waals surface area (Å²) in [4.78, 5) is 12.2. The van der Waals surface area contributed by atoms with Crippen LogP contribution in [-0.2, 0) is 9.47 Å². The van der Waals surface area contributed by atoms with Gasteiger partial charge >= 0.3 is 0 Å². The summed E-state index contributed by atoms with van der Waals surface area (Å²) in [5, 5.41) is 0. The third kappa shape index (κ3) is 4.61. The van der Waals surface area contributed by atoms with Crippen molar-refractivity contribution in [3.05, 3.63) is 72.1 Å². The minimum Gasteiger partial charge on any atom is -0.372 e. The number of para-hydroxylation sites is 2. The lowest BCUT2D eigenvalue weighted by atomic mass is 9.68. The van der Waals surface area contributed by atoms with E-state index in [-0.39, 0.29) is 17.6 Å². The quantitative estimate of drug-likeness (QED) is 0.309. The lowest BCUT2D eigenvalue weighted by Crippen LogP contribution is -2.81. The van der Waals surface area contributed by atoms with Crippen molar-refractivity contribution in [3.63, 3.8) is 0 Å². The van der Waals surface area contributed by atoms with Crippen molar-refractivity contribution in [2.24, 2.45) is 17.3 Å². The zero-order valence-electron chi connectivity index (χ0n) is 32.3. The van der Waals surface area contributed by atoms with E-state index in [9.17, 15) is 0 Å². The van der Waals surface area contributed by atoms with Gasteiger partial charge in [0.2, 0.25) is 0 Å². The number of fused-ring (bicyclic) bond motifs is 9. The van der Waals surface area contributed by atoms with Gasteiger partial charge in [0.1, 0.15) is 0 Å². The summed E-state index contributed by atoms with van der Waals surface area (Å²) in [5.41, 5.74) is 6.51. The molecule has 2 aromatic rings. The zero-order chi connectivity index (χ0) is 35.0. The van der Waals surface area contributed by atoms with Crippen LogP contribution in [0.25, 0.3) is 0 Å². The molecule has 4 heterocycles. The Morgan fingerprint density at radius 2 is 1.13 bits per heavy atom. The molecule has 0 bridgehead atoms. The van der Waals surface area contributed by atoms with E-state index in [1.165, 1.54) is 108 Å². The van der Waals surface area contributed by atoms with Gasteiger partial charge in [-0.1, -0.05) is 75.9 Å². The number of nitrogens with zero attached hydrogens (tertiary/aromatic N) is 4. The maximum Gasteiger partial charge on any atom is 0.0808 e. The molecule has 14 atom stereocenters. The molecule has 6 aliphatic carbocycles. The molecular weight excluding hydrogens is 653 g/mol. The summed E-state index contributed by atoms with van der Waals surface area (Å²) in [6.07, 6.45) is 21.9. The van der Waals surface area contributed by atoms with Gasteiger partial charge in [-0.15, -0.1) is 0 Å². The molecular formula is C47H62N4O2. The molecule has 5 saturated carbocycles. The lowest BCUT2D eigenvalue weighted by molar-refractivity contribution is -0.251.